The molecule has 0 fully saturated rings. The van der Waals surface area contributed by atoms with Crippen molar-refractivity contribution in [3.8, 4) is 22.5 Å². The third-order valence-electron chi connectivity index (χ3n) is 5.64. The first-order valence-electron chi connectivity index (χ1n) is 11.0. The number of aromatic nitrogens is 6. The molecule has 0 spiro atoms. The zero-order valence-electron chi connectivity index (χ0n) is 18.4. The number of fused-ring (bicyclic) bond motifs is 1. The predicted molar refractivity (Wildman–Crippen MR) is 128 cm³/mol. The maximum atomic E-state index is 12.8. The molecule has 164 valence electrons. The van der Waals surface area contributed by atoms with Gasteiger partial charge in [-0.2, -0.15) is 5.10 Å². The molecule has 0 aliphatic heterocycles. The van der Waals surface area contributed by atoms with Crippen LogP contribution in [0.2, 0.25) is 0 Å². The van der Waals surface area contributed by atoms with Crippen molar-refractivity contribution in [2.45, 2.75) is 25.8 Å². The molecule has 2 aromatic carbocycles. The van der Waals surface area contributed by atoms with Crippen LogP contribution in [0.3, 0.4) is 0 Å². The molecule has 0 saturated heterocycles. The highest BCUT2D eigenvalue weighted by Gasteiger charge is 2.16. The minimum atomic E-state index is 0.124. The van der Waals surface area contributed by atoms with Gasteiger partial charge in [-0.15, -0.1) is 0 Å². The Morgan fingerprint density at radius 3 is 2.52 bits per heavy atom. The van der Waals surface area contributed by atoms with Gasteiger partial charge < -0.3 is 4.57 Å². The lowest BCUT2D eigenvalue weighted by molar-refractivity contribution is 0.0979. The van der Waals surface area contributed by atoms with E-state index in [1.54, 1.807) is 23.4 Å². The van der Waals surface area contributed by atoms with Crippen molar-refractivity contribution in [1.29, 1.82) is 0 Å². The van der Waals surface area contributed by atoms with E-state index < -0.39 is 0 Å². The van der Waals surface area contributed by atoms with Gasteiger partial charge in [0.25, 0.3) is 0 Å². The number of imidazole rings is 1. The van der Waals surface area contributed by atoms with Crippen molar-refractivity contribution in [2.75, 3.05) is 0 Å². The van der Waals surface area contributed by atoms with Crippen molar-refractivity contribution in [1.82, 2.24) is 29.3 Å². The summed E-state index contributed by atoms with van der Waals surface area (Å²) in [7, 11) is 1.88. The van der Waals surface area contributed by atoms with Gasteiger partial charge in [-0.25, -0.2) is 15.0 Å². The summed E-state index contributed by atoms with van der Waals surface area (Å²) < 4.78 is 3.78. The average Bonchev–Trinajstić information content (AvgIpc) is 3.53. The van der Waals surface area contributed by atoms with Gasteiger partial charge in [0, 0.05) is 55.3 Å². The van der Waals surface area contributed by atoms with Gasteiger partial charge in [0.2, 0.25) is 0 Å². The van der Waals surface area contributed by atoms with Gasteiger partial charge in [0.05, 0.1) is 29.3 Å². The minimum Gasteiger partial charge on any atom is -0.337 e. The van der Waals surface area contributed by atoms with Gasteiger partial charge in [-0.3, -0.25) is 9.48 Å². The number of carbonyl (C=O) groups excluding carboxylic acids is 1. The maximum Gasteiger partial charge on any atom is 0.162 e. The molecule has 3 aromatic heterocycles. The van der Waals surface area contributed by atoms with E-state index in [1.165, 1.54) is 0 Å². The molecule has 7 heteroatoms. The molecule has 7 nitrogen and oxygen atoms in total. The Labute approximate surface area is 191 Å². The molecule has 0 unspecified atom stereocenters. The number of unbranched alkanes of at least 4 members (excludes halogenated alkanes) is 1. The number of hydrogen-bond donors (Lipinski definition) is 0. The van der Waals surface area contributed by atoms with Gasteiger partial charge in [0.15, 0.2) is 5.78 Å². The molecule has 3 heterocycles. The summed E-state index contributed by atoms with van der Waals surface area (Å²) in [5.41, 5.74) is 5.58. The zero-order valence-corrected chi connectivity index (χ0v) is 18.4. The fraction of sp³-hybridized carbons (Fsp3) is 0.192. The van der Waals surface area contributed by atoms with Crippen LogP contribution in [0.15, 0.2) is 79.6 Å². The van der Waals surface area contributed by atoms with Crippen molar-refractivity contribution in [3.05, 3.63) is 85.2 Å². The number of hydrogen-bond acceptors (Lipinski definition) is 5. The number of aryl methyl sites for hydroxylation is 2. The molecule has 33 heavy (non-hydrogen) atoms. The molecule has 0 aliphatic carbocycles. The minimum absolute atomic E-state index is 0.124. The summed E-state index contributed by atoms with van der Waals surface area (Å²) >= 11 is 0. The van der Waals surface area contributed by atoms with Crippen molar-refractivity contribution < 1.29 is 4.79 Å². The van der Waals surface area contributed by atoms with E-state index in [0.717, 1.165) is 47.4 Å². The van der Waals surface area contributed by atoms with Crippen LogP contribution in [0.1, 0.15) is 29.6 Å². The number of nitrogens with zero attached hydrogens (tertiary/aromatic N) is 6. The van der Waals surface area contributed by atoms with Crippen LogP contribution < -0.4 is 0 Å². The lowest BCUT2D eigenvalue weighted by atomic mass is 10.0. The first kappa shape index (κ1) is 20.8. The second-order valence-corrected chi connectivity index (χ2v) is 8.07. The largest absolute Gasteiger partial charge is 0.337 e. The Kier molecular flexibility index (Phi) is 5.76. The summed E-state index contributed by atoms with van der Waals surface area (Å²) in [5, 5.41) is 4.30. The monoisotopic (exact) mass is 436 g/mol. The Morgan fingerprint density at radius 2 is 1.76 bits per heavy atom. The van der Waals surface area contributed by atoms with Crippen molar-refractivity contribution >= 4 is 16.8 Å². The summed E-state index contributed by atoms with van der Waals surface area (Å²) in [4.78, 5) is 26.7. The van der Waals surface area contributed by atoms with Crippen LogP contribution in [-0.4, -0.2) is 35.1 Å². The lowest BCUT2D eigenvalue weighted by Gasteiger charge is -2.10. The quantitative estimate of drug-likeness (QED) is 0.254. The molecule has 0 saturated carbocycles. The molecule has 0 amide bonds. The van der Waals surface area contributed by atoms with Crippen LogP contribution in [0, 0.1) is 0 Å². The van der Waals surface area contributed by atoms with Crippen molar-refractivity contribution in [2.24, 2.45) is 7.05 Å². The summed E-state index contributed by atoms with van der Waals surface area (Å²) in [6.07, 6.45) is 11.5. The standard InChI is InChI=1S/C26H24N6O/c1-31-17-21(16-28-31)26-25(19-7-3-2-4-8-19)29-22-11-10-20(15-23(22)30-26)24(33)9-5-6-13-32-14-12-27-18-32/h2-4,7-8,10-12,14-18H,5-6,9,13H2,1H3. The third-order valence-corrected chi connectivity index (χ3v) is 5.64. The molecular weight excluding hydrogens is 412 g/mol. The van der Waals surface area contributed by atoms with Crippen LogP contribution >= 0.6 is 0 Å². The number of rotatable bonds is 8. The van der Waals surface area contributed by atoms with E-state index in [4.69, 9.17) is 9.97 Å². The summed E-state index contributed by atoms with van der Waals surface area (Å²) in [6.45, 7) is 0.868. The van der Waals surface area contributed by atoms with E-state index in [2.05, 4.69) is 10.1 Å². The number of carbonyl (C=O) groups is 1. The average molecular weight is 437 g/mol. The fourth-order valence-electron chi connectivity index (χ4n) is 3.91. The van der Waals surface area contributed by atoms with Crippen LogP contribution in [0.4, 0.5) is 0 Å². The number of ketones is 1. The molecule has 0 N–H and O–H groups in total. The summed E-state index contributed by atoms with van der Waals surface area (Å²) in [6, 6.07) is 15.6. The van der Waals surface area contributed by atoms with Crippen molar-refractivity contribution in [3.63, 3.8) is 0 Å². The highest BCUT2D eigenvalue weighted by molar-refractivity contribution is 5.99. The van der Waals surface area contributed by atoms with Crippen LogP contribution in [-0.2, 0) is 13.6 Å². The Morgan fingerprint density at radius 1 is 0.939 bits per heavy atom. The number of Topliss-reactive ketones (excluding diaryl/α,β-unsaturated/α-hetero) is 1. The molecule has 5 aromatic rings. The van der Waals surface area contributed by atoms with E-state index in [9.17, 15) is 4.79 Å². The normalized spacial score (nSPS) is 11.2. The first-order chi connectivity index (χ1) is 16.2. The highest BCUT2D eigenvalue weighted by atomic mass is 16.1. The molecular formula is C26H24N6O. The Bertz CT molecular complexity index is 1390. The van der Waals surface area contributed by atoms with Gasteiger partial charge in [0.1, 0.15) is 5.69 Å². The molecule has 0 bridgehead atoms. The molecule has 0 atom stereocenters. The Hall–Kier alpha value is -4.13. The Balaban J connectivity index is 1.43. The summed E-state index contributed by atoms with van der Waals surface area (Å²) in [5.74, 6) is 0.124. The van der Waals surface area contributed by atoms with Crippen LogP contribution in [0.5, 0.6) is 0 Å². The van der Waals surface area contributed by atoms with Gasteiger partial charge in [-0.05, 0) is 31.0 Å². The number of benzene rings is 2. The predicted octanol–water partition coefficient (Wildman–Crippen LogP) is 4.95. The second-order valence-electron chi connectivity index (χ2n) is 8.07. The first-order valence-corrected chi connectivity index (χ1v) is 11.0. The SMILES string of the molecule is Cn1cc(-c2nc3cc(C(=O)CCCCn4ccnc4)ccc3nc2-c2ccccc2)cn1. The van der Waals surface area contributed by atoms with E-state index in [0.29, 0.717) is 17.5 Å². The zero-order chi connectivity index (χ0) is 22.6. The smallest absolute Gasteiger partial charge is 0.162 e. The van der Waals surface area contributed by atoms with Gasteiger partial charge >= 0.3 is 0 Å². The third kappa shape index (κ3) is 4.57. The fourth-order valence-corrected chi connectivity index (χ4v) is 3.91. The second kappa shape index (κ2) is 9.16. The van der Waals surface area contributed by atoms with Gasteiger partial charge in [-0.1, -0.05) is 30.3 Å². The highest BCUT2D eigenvalue weighted by Crippen LogP contribution is 2.31. The molecule has 0 aliphatic rings. The topological polar surface area (TPSA) is 78.5 Å². The van der Waals surface area contributed by atoms with E-state index in [-0.39, 0.29) is 5.78 Å². The maximum absolute atomic E-state index is 12.8. The van der Waals surface area contributed by atoms with Crippen LogP contribution in [0.25, 0.3) is 33.5 Å². The van der Waals surface area contributed by atoms with E-state index >= 15 is 0 Å². The lowest BCUT2D eigenvalue weighted by Crippen LogP contribution is -2.02. The molecule has 5 rings (SSSR count). The van der Waals surface area contributed by atoms with E-state index in [1.807, 2.05) is 72.5 Å². The molecule has 0 radical (unpaired) electrons.